The number of sulfone groups is 1. The van der Waals surface area contributed by atoms with Crippen molar-refractivity contribution in [2.24, 2.45) is 0 Å². The van der Waals surface area contributed by atoms with Crippen molar-refractivity contribution in [3.63, 3.8) is 0 Å². The summed E-state index contributed by atoms with van der Waals surface area (Å²) in [5, 5.41) is 1.57. The number of hydrogen-bond acceptors (Lipinski definition) is 2. The highest BCUT2D eigenvalue weighted by Gasteiger charge is 2.30. The first-order valence-electron chi connectivity index (χ1n) is 6.48. The summed E-state index contributed by atoms with van der Waals surface area (Å²) in [6.45, 7) is 0. The topological polar surface area (TPSA) is 34.1 Å². The molecule has 0 aliphatic carbocycles. The monoisotopic (exact) mass is 360 g/mol. The van der Waals surface area contributed by atoms with Gasteiger partial charge in [0.25, 0.3) is 0 Å². The van der Waals surface area contributed by atoms with Gasteiger partial charge in [-0.1, -0.05) is 35.9 Å². The van der Waals surface area contributed by atoms with Gasteiger partial charge in [0.15, 0.2) is 9.84 Å². The van der Waals surface area contributed by atoms with Crippen LogP contribution in [0.2, 0.25) is 5.02 Å². The lowest BCUT2D eigenvalue weighted by Crippen LogP contribution is -2.05. The van der Waals surface area contributed by atoms with Gasteiger partial charge in [-0.15, -0.1) is 0 Å². The van der Waals surface area contributed by atoms with Gasteiger partial charge in [-0.25, -0.2) is 8.42 Å². The van der Waals surface area contributed by atoms with Gasteiger partial charge in [0.05, 0.1) is 11.3 Å². The van der Waals surface area contributed by atoms with Crippen LogP contribution >= 0.6 is 11.6 Å². The summed E-state index contributed by atoms with van der Waals surface area (Å²) in [4.78, 5) is 0. The fourth-order valence-electron chi connectivity index (χ4n) is 1.83. The Hall–Kier alpha value is -1.79. The van der Waals surface area contributed by atoms with Crippen molar-refractivity contribution in [2.45, 2.75) is 11.9 Å². The van der Waals surface area contributed by atoms with Gasteiger partial charge < -0.3 is 0 Å². The van der Waals surface area contributed by atoms with E-state index in [0.717, 1.165) is 29.7 Å². The highest BCUT2D eigenvalue weighted by atomic mass is 35.5. The van der Waals surface area contributed by atoms with E-state index in [0.29, 0.717) is 16.1 Å². The van der Waals surface area contributed by atoms with Crippen LogP contribution in [0.25, 0.3) is 6.08 Å². The Kier molecular flexibility index (Phi) is 5.16. The summed E-state index contributed by atoms with van der Waals surface area (Å²) in [7, 11) is -3.59. The third-order valence-electron chi connectivity index (χ3n) is 2.99. The van der Waals surface area contributed by atoms with Crippen molar-refractivity contribution in [1.82, 2.24) is 0 Å². The molecule has 0 bridgehead atoms. The fraction of sp³-hybridized carbons (Fsp3) is 0.125. The molecule has 0 aliphatic rings. The average molecular weight is 361 g/mol. The molecule has 0 unspecified atom stereocenters. The molecule has 2 nitrogen and oxygen atoms in total. The summed E-state index contributed by atoms with van der Waals surface area (Å²) in [5.74, 6) is -0.366. The van der Waals surface area contributed by atoms with Gasteiger partial charge in [-0.2, -0.15) is 13.2 Å². The first-order valence-corrected chi connectivity index (χ1v) is 8.58. The van der Waals surface area contributed by atoms with Gasteiger partial charge >= 0.3 is 6.18 Å². The van der Waals surface area contributed by atoms with Crippen LogP contribution in [0.4, 0.5) is 13.2 Å². The van der Waals surface area contributed by atoms with Crippen LogP contribution in [0.15, 0.2) is 53.9 Å². The van der Waals surface area contributed by atoms with Crippen LogP contribution in [0.1, 0.15) is 16.7 Å². The number of alkyl halides is 3. The number of benzene rings is 2. The maximum atomic E-state index is 12.5. The Balaban J connectivity index is 2.10. The minimum absolute atomic E-state index is 0.291. The van der Waals surface area contributed by atoms with Crippen molar-refractivity contribution in [2.75, 3.05) is 0 Å². The van der Waals surface area contributed by atoms with E-state index in [9.17, 15) is 21.6 Å². The van der Waals surface area contributed by atoms with E-state index in [2.05, 4.69) is 0 Å². The average Bonchev–Trinajstić information content (AvgIpc) is 2.46. The summed E-state index contributed by atoms with van der Waals surface area (Å²) in [6, 6.07) is 10.6. The molecule has 0 spiro atoms. The third-order valence-corrected chi connectivity index (χ3v) is 4.53. The standard InChI is InChI=1S/C16H12ClF3O2S/c17-15-7-3-12(4-8-15)9-10-23(21,22)11-13-1-5-14(6-2-13)16(18,19)20/h1-10H,11H2/b10-9+. The van der Waals surface area contributed by atoms with Crippen LogP contribution in [-0.2, 0) is 21.8 Å². The molecule has 0 N–H and O–H groups in total. The maximum absolute atomic E-state index is 12.5. The Morgan fingerprint density at radius 2 is 1.52 bits per heavy atom. The summed E-state index contributed by atoms with van der Waals surface area (Å²) < 4.78 is 61.3. The highest BCUT2D eigenvalue weighted by molar-refractivity contribution is 7.93. The van der Waals surface area contributed by atoms with Gasteiger partial charge in [-0.05, 0) is 41.5 Å². The van der Waals surface area contributed by atoms with E-state index in [4.69, 9.17) is 11.6 Å². The molecule has 2 rings (SSSR count). The molecule has 0 aliphatic heterocycles. The molecule has 2 aromatic carbocycles. The van der Waals surface area contributed by atoms with E-state index in [1.54, 1.807) is 24.3 Å². The Labute approximate surface area is 137 Å². The molecule has 0 saturated heterocycles. The van der Waals surface area contributed by atoms with Crippen molar-refractivity contribution in [3.05, 3.63) is 75.7 Å². The molecule has 2 aromatic rings. The van der Waals surface area contributed by atoms with Gasteiger partial charge in [0, 0.05) is 10.4 Å². The predicted molar refractivity (Wildman–Crippen MR) is 84.6 cm³/mol. The molecule has 0 atom stereocenters. The van der Waals surface area contributed by atoms with E-state index in [-0.39, 0.29) is 5.75 Å². The number of hydrogen-bond donors (Lipinski definition) is 0. The van der Waals surface area contributed by atoms with Crippen LogP contribution in [0, 0.1) is 0 Å². The molecule has 0 aromatic heterocycles. The van der Waals surface area contributed by atoms with Crippen LogP contribution in [-0.4, -0.2) is 8.42 Å². The molecule has 0 radical (unpaired) electrons. The van der Waals surface area contributed by atoms with Crippen molar-refractivity contribution >= 4 is 27.5 Å². The smallest absolute Gasteiger partial charge is 0.224 e. The zero-order valence-corrected chi connectivity index (χ0v) is 13.3. The molecule has 7 heteroatoms. The molecule has 0 heterocycles. The zero-order valence-electron chi connectivity index (χ0n) is 11.7. The van der Waals surface area contributed by atoms with Gasteiger partial charge in [0.2, 0.25) is 0 Å². The molecular formula is C16H12ClF3O2S. The second kappa shape index (κ2) is 6.76. The zero-order chi connectivity index (χ0) is 17.1. The van der Waals surface area contributed by atoms with Crippen molar-refractivity contribution in [1.29, 1.82) is 0 Å². The number of halogens is 4. The van der Waals surface area contributed by atoms with E-state index in [1.165, 1.54) is 6.08 Å². The van der Waals surface area contributed by atoms with Crippen molar-refractivity contribution in [3.8, 4) is 0 Å². The van der Waals surface area contributed by atoms with E-state index in [1.807, 2.05) is 0 Å². The van der Waals surface area contributed by atoms with Crippen LogP contribution in [0.5, 0.6) is 0 Å². The molecule has 23 heavy (non-hydrogen) atoms. The number of rotatable bonds is 4. The lowest BCUT2D eigenvalue weighted by molar-refractivity contribution is -0.137. The normalized spacial score (nSPS) is 12.7. The molecule has 0 amide bonds. The minimum Gasteiger partial charge on any atom is -0.224 e. The fourth-order valence-corrected chi connectivity index (χ4v) is 3.07. The van der Waals surface area contributed by atoms with Gasteiger partial charge in [0.1, 0.15) is 0 Å². The second-order valence-corrected chi connectivity index (χ2v) is 7.18. The first kappa shape index (κ1) is 17.6. The third kappa shape index (κ3) is 5.41. The summed E-state index contributed by atoms with van der Waals surface area (Å²) >= 11 is 5.73. The summed E-state index contributed by atoms with van der Waals surface area (Å²) in [6.07, 6.45) is -3.03. The van der Waals surface area contributed by atoms with Crippen LogP contribution in [0.3, 0.4) is 0 Å². The first-order chi connectivity index (χ1) is 10.7. The van der Waals surface area contributed by atoms with Gasteiger partial charge in [-0.3, -0.25) is 0 Å². The Morgan fingerprint density at radius 1 is 0.957 bits per heavy atom. The maximum Gasteiger partial charge on any atom is 0.416 e. The van der Waals surface area contributed by atoms with Crippen LogP contribution < -0.4 is 0 Å². The largest absolute Gasteiger partial charge is 0.416 e. The lowest BCUT2D eigenvalue weighted by atomic mass is 10.1. The molecular weight excluding hydrogens is 349 g/mol. The second-order valence-electron chi connectivity index (χ2n) is 4.86. The Bertz CT molecular complexity index is 793. The molecule has 0 fully saturated rings. The Morgan fingerprint density at radius 3 is 2.04 bits per heavy atom. The SMILES string of the molecule is O=S(=O)(/C=C/c1ccc(Cl)cc1)Cc1ccc(C(F)(F)F)cc1. The minimum atomic E-state index is -4.44. The van der Waals surface area contributed by atoms with E-state index >= 15 is 0 Å². The van der Waals surface area contributed by atoms with Crippen molar-refractivity contribution < 1.29 is 21.6 Å². The summed E-state index contributed by atoms with van der Waals surface area (Å²) in [5.41, 5.74) is 0.138. The lowest BCUT2D eigenvalue weighted by Gasteiger charge is -2.07. The highest BCUT2D eigenvalue weighted by Crippen LogP contribution is 2.29. The predicted octanol–water partition coefficient (Wildman–Crippen LogP) is 4.94. The molecule has 122 valence electrons. The quantitative estimate of drug-likeness (QED) is 0.773. The van der Waals surface area contributed by atoms with E-state index < -0.39 is 21.6 Å². The molecule has 0 saturated carbocycles.